The van der Waals surface area contributed by atoms with Crippen LogP contribution in [0.2, 0.25) is 0 Å². The van der Waals surface area contributed by atoms with Crippen molar-refractivity contribution in [3.63, 3.8) is 0 Å². The van der Waals surface area contributed by atoms with Gasteiger partial charge in [0, 0.05) is 24.3 Å². The topological polar surface area (TPSA) is 54.5 Å². The van der Waals surface area contributed by atoms with Crippen LogP contribution < -0.4 is 0 Å². The molecular formula is C20H22N4. The summed E-state index contributed by atoms with van der Waals surface area (Å²) in [5, 5.41) is 10.1. The Balaban J connectivity index is 1.82. The number of rotatable bonds is 3. The highest BCUT2D eigenvalue weighted by Crippen LogP contribution is 2.37. The lowest BCUT2D eigenvalue weighted by molar-refractivity contribution is 0.278. The molecular weight excluding hydrogens is 296 g/mol. The van der Waals surface area contributed by atoms with Gasteiger partial charge in [-0.3, -0.25) is 4.98 Å². The molecule has 4 heteroatoms. The van der Waals surface area contributed by atoms with Crippen molar-refractivity contribution in [1.82, 2.24) is 14.5 Å². The van der Waals surface area contributed by atoms with Crippen LogP contribution in [0.5, 0.6) is 0 Å². The predicted molar refractivity (Wildman–Crippen MR) is 95.6 cm³/mol. The molecule has 1 aliphatic carbocycles. The van der Waals surface area contributed by atoms with E-state index in [1.54, 1.807) is 0 Å². The second-order valence-electron chi connectivity index (χ2n) is 6.80. The Kier molecular flexibility index (Phi) is 3.93. The van der Waals surface area contributed by atoms with Crippen LogP contribution in [0.25, 0.3) is 21.9 Å². The summed E-state index contributed by atoms with van der Waals surface area (Å²) in [6.45, 7) is 2.18. The monoisotopic (exact) mass is 318 g/mol. The lowest BCUT2D eigenvalue weighted by Gasteiger charge is -2.30. The lowest BCUT2D eigenvalue weighted by atomic mass is 9.84. The Hall–Kier alpha value is -2.41. The summed E-state index contributed by atoms with van der Waals surface area (Å²) in [5.74, 6) is 1.73. The van der Waals surface area contributed by atoms with E-state index in [0.717, 1.165) is 49.0 Å². The van der Waals surface area contributed by atoms with Gasteiger partial charge in [0.1, 0.15) is 11.3 Å². The number of aryl methyl sites for hydroxylation is 1. The van der Waals surface area contributed by atoms with Crippen molar-refractivity contribution in [2.24, 2.45) is 5.92 Å². The molecule has 0 bridgehead atoms. The summed E-state index contributed by atoms with van der Waals surface area (Å²) in [5.41, 5.74) is 3.28. The summed E-state index contributed by atoms with van der Waals surface area (Å²) in [7, 11) is 0. The molecule has 122 valence electrons. The van der Waals surface area contributed by atoms with Crippen molar-refractivity contribution in [2.45, 2.75) is 51.5 Å². The standard InChI is InChI=1S/C20H22N4/c1-2-19-23-18-13-22-17-6-4-3-5-16(17)20(18)24(19)15-9-7-14(8-10-15)11-12-21/h3-6,13-15H,2,7-11H2,1H3. The van der Waals surface area contributed by atoms with Crippen LogP contribution in [0.1, 0.15) is 50.9 Å². The van der Waals surface area contributed by atoms with Crippen molar-refractivity contribution in [3.05, 3.63) is 36.3 Å². The number of pyridine rings is 1. The summed E-state index contributed by atoms with van der Waals surface area (Å²) in [6, 6.07) is 11.2. The van der Waals surface area contributed by atoms with Crippen LogP contribution in [0.4, 0.5) is 0 Å². The fourth-order valence-corrected chi connectivity index (χ4v) is 4.15. The number of para-hydroxylation sites is 1. The number of nitriles is 1. The smallest absolute Gasteiger partial charge is 0.109 e. The quantitative estimate of drug-likeness (QED) is 0.697. The summed E-state index contributed by atoms with van der Waals surface area (Å²) >= 11 is 0. The van der Waals surface area contributed by atoms with Gasteiger partial charge < -0.3 is 4.57 Å². The molecule has 4 rings (SSSR count). The van der Waals surface area contributed by atoms with Crippen molar-refractivity contribution in [2.75, 3.05) is 0 Å². The van der Waals surface area contributed by atoms with Gasteiger partial charge in [-0.15, -0.1) is 0 Å². The van der Waals surface area contributed by atoms with Crippen LogP contribution in [0.3, 0.4) is 0 Å². The lowest BCUT2D eigenvalue weighted by Crippen LogP contribution is -2.19. The zero-order valence-corrected chi connectivity index (χ0v) is 14.1. The molecule has 0 saturated heterocycles. The van der Waals surface area contributed by atoms with E-state index >= 15 is 0 Å². The predicted octanol–water partition coefficient (Wildman–Crippen LogP) is 4.79. The maximum Gasteiger partial charge on any atom is 0.109 e. The summed E-state index contributed by atoms with van der Waals surface area (Å²) < 4.78 is 2.47. The number of nitrogens with zero attached hydrogens (tertiary/aromatic N) is 4. The van der Waals surface area contributed by atoms with E-state index < -0.39 is 0 Å². The van der Waals surface area contributed by atoms with Crippen molar-refractivity contribution < 1.29 is 0 Å². The Labute approximate surface area is 142 Å². The molecule has 0 spiro atoms. The normalized spacial score (nSPS) is 21.2. The number of fused-ring (bicyclic) bond motifs is 3. The van der Waals surface area contributed by atoms with Gasteiger partial charge in [0.15, 0.2) is 0 Å². The summed E-state index contributed by atoms with van der Waals surface area (Å²) in [4.78, 5) is 9.43. The Morgan fingerprint density at radius 1 is 1.17 bits per heavy atom. The molecule has 2 aromatic heterocycles. The third-order valence-corrected chi connectivity index (χ3v) is 5.37. The molecule has 2 heterocycles. The maximum absolute atomic E-state index is 8.94. The molecule has 1 aromatic carbocycles. The van der Waals surface area contributed by atoms with Gasteiger partial charge in [-0.25, -0.2) is 4.98 Å². The van der Waals surface area contributed by atoms with Gasteiger partial charge in [-0.05, 0) is 37.7 Å². The zero-order chi connectivity index (χ0) is 16.5. The average molecular weight is 318 g/mol. The van der Waals surface area contributed by atoms with Crippen LogP contribution in [-0.2, 0) is 6.42 Å². The number of hydrogen-bond donors (Lipinski definition) is 0. The van der Waals surface area contributed by atoms with Gasteiger partial charge in [-0.2, -0.15) is 5.26 Å². The minimum Gasteiger partial charge on any atom is -0.324 e. The molecule has 0 atom stereocenters. The van der Waals surface area contributed by atoms with E-state index in [9.17, 15) is 0 Å². The first kappa shape index (κ1) is 15.1. The number of aromatic nitrogens is 3. The van der Waals surface area contributed by atoms with E-state index in [0.29, 0.717) is 18.4 Å². The van der Waals surface area contributed by atoms with E-state index in [2.05, 4.69) is 40.7 Å². The number of benzene rings is 1. The highest BCUT2D eigenvalue weighted by atomic mass is 15.1. The third kappa shape index (κ3) is 2.45. The number of hydrogen-bond acceptors (Lipinski definition) is 3. The molecule has 0 N–H and O–H groups in total. The van der Waals surface area contributed by atoms with Crippen LogP contribution in [-0.4, -0.2) is 14.5 Å². The molecule has 4 nitrogen and oxygen atoms in total. The third-order valence-electron chi connectivity index (χ3n) is 5.37. The second-order valence-corrected chi connectivity index (χ2v) is 6.80. The molecule has 0 amide bonds. The minimum absolute atomic E-state index is 0.491. The molecule has 0 radical (unpaired) electrons. The van der Waals surface area contributed by atoms with Gasteiger partial charge in [0.2, 0.25) is 0 Å². The molecule has 3 aromatic rings. The highest BCUT2D eigenvalue weighted by Gasteiger charge is 2.26. The van der Waals surface area contributed by atoms with Crippen LogP contribution in [0, 0.1) is 17.2 Å². The SMILES string of the molecule is CCc1nc2cnc3ccccc3c2n1C1CCC(CC#N)CC1. The van der Waals surface area contributed by atoms with Crippen LogP contribution in [0.15, 0.2) is 30.5 Å². The first-order valence-corrected chi connectivity index (χ1v) is 8.93. The Bertz CT molecular complexity index is 910. The second kappa shape index (κ2) is 6.24. The molecule has 1 aliphatic rings. The molecule has 1 saturated carbocycles. The van der Waals surface area contributed by atoms with Crippen LogP contribution >= 0.6 is 0 Å². The van der Waals surface area contributed by atoms with Crippen molar-refractivity contribution in [1.29, 1.82) is 5.26 Å². The van der Waals surface area contributed by atoms with Gasteiger partial charge >= 0.3 is 0 Å². The zero-order valence-electron chi connectivity index (χ0n) is 14.1. The van der Waals surface area contributed by atoms with Gasteiger partial charge in [-0.1, -0.05) is 25.1 Å². The van der Waals surface area contributed by atoms with E-state index in [-0.39, 0.29) is 0 Å². The van der Waals surface area contributed by atoms with Gasteiger partial charge in [0.25, 0.3) is 0 Å². The van der Waals surface area contributed by atoms with Gasteiger partial charge in [0.05, 0.1) is 23.3 Å². The minimum atomic E-state index is 0.491. The molecule has 0 aliphatic heterocycles. The van der Waals surface area contributed by atoms with E-state index in [1.807, 2.05) is 12.3 Å². The fraction of sp³-hybridized carbons (Fsp3) is 0.450. The molecule has 0 unspecified atom stereocenters. The first-order valence-electron chi connectivity index (χ1n) is 8.93. The number of imidazole rings is 1. The van der Waals surface area contributed by atoms with Crippen molar-refractivity contribution >= 4 is 21.9 Å². The Morgan fingerprint density at radius 3 is 2.71 bits per heavy atom. The largest absolute Gasteiger partial charge is 0.324 e. The fourth-order valence-electron chi connectivity index (χ4n) is 4.15. The first-order chi connectivity index (χ1) is 11.8. The van der Waals surface area contributed by atoms with E-state index in [1.165, 1.54) is 10.9 Å². The molecule has 1 fully saturated rings. The van der Waals surface area contributed by atoms with Crippen molar-refractivity contribution in [3.8, 4) is 6.07 Å². The molecule has 24 heavy (non-hydrogen) atoms. The maximum atomic E-state index is 8.94. The summed E-state index contributed by atoms with van der Waals surface area (Å²) in [6.07, 6.45) is 8.11. The highest BCUT2D eigenvalue weighted by molar-refractivity contribution is 6.02. The van der Waals surface area contributed by atoms with E-state index in [4.69, 9.17) is 10.2 Å². The average Bonchev–Trinajstić information content (AvgIpc) is 3.02. The Morgan fingerprint density at radius 2 is 1.96 bits per heavy atom.